The molecule has 0 fully saturated rings. The monoisotopic (exact) mass is 224 g/mol. The van der Waals surface area contributed by atoms with Gasteiger partial charge in [-0.1, -0.05) is 0 Å². The number of hydrogen-bond acceptors (Lipinski definition) is 3. The molecule has 0 bridgehead atoms. The zero-order valence-electron chi connectivity index (χ0n) is 9.57. The highest BCUT2D eigenvalue weighted by Gasteiger charge is 2.15. The van der Waals surface area contributed by atoms with Crippen molar-refractivity contribution >= 4 is 11.7 Å². The van der Waals surface area contributed by atoms with Crippen LogP contribution in [-0.2, 0) is 0 Å². The van der Waals surface area contributed by atoms with Crippen LogP contribution in [0.2, 0.25) is 0 Å². The molecule has 0 radical (unpaired) electrons. The highest BCUT2D eigenvalue weighted by molar-refractivity contribution is 5.77. The van der Waals surface area contributed by atoms with Crippen molar-refractivity contribution in [1.82, 2.24) is 4.98 Å². The van der Waals surface area contributed by atoms with E-state index in [4.69, 9.17) is 11.1 Å². The predicted octanol–water partition coefficient (Wildman–Crippen LogP) is 1.76. The van der Waals surface area contributed by atoms with Gasteiger partial charge in [0.1, 0.15) is 0 Å². The van der Waals surface area contributed by atoms with E-state index in [1.54, 1.807) is 17.2 Å². The number of nitrogens with zero attached hydrogens (tertiary/aromatic N) is 2. The van der Waals surface area contributed by atoms with Crippen molar-refractivity contribution in [2.24, 2.45) is 5.73 Å². The first-order valence-corrected chi connectivity index (χ1v) is 5.22. The molecule has 1 aromatic rings. The van der Waals surface area contributed by atoms with Crippen LogP contribution in [0.25, 0.3) is 0 Å². The van der Waals surface area contributed by atoms with E-state index in [9.17, 15) is 4.39 Å². The Balaban J connectivity index is 2.85. The predicted molar refractivity (Wildman–Crippen MR) is 63.2 cm³/mol. The Morgan fingerprint density at radius 3 is 2.81 bits per heavy atom. The molecule has 1 heterocycles. The molecule has 0 saturated heterocycles. The van der Waals surface area contributed by atoms with E-state index in [2.05, 4.69) is 4.98 Å². The molecule has 0 aromatic carbocycles. The molecule has 0 unspecified atom stereocenters. The first-order valence-electron chi connectivity index (χ1n) is 5.22. The van der Waals surface area contributed by atoms with E-state index < -0.39 is 0 Å². The number of nitrogens with two attached hydrogens (primary N) is 1. The van der Waals surface area contributed by atoms with Gasteiger partial charge in [0.15, 0.2) is 11.6 Å². The lowest BCUT2D eigenvalue weighted by Gasteiger charge is -2.27. The summed E-state index contributed by atoms with van der Waals surface area (Å²) in [6.45, 7) is 4.41. The molecule has 0 amide bonds. The van der Waals surface area contributed by atoms with Crippen molar-refractivity contribution < 1.29 is 4.39 Å². The van der Waals surface area contributed by atoms with Gasteiger partial charge >= 0.3 is 0 Å². The number of hydrogen-bond donors (Lipinski definition) is 2. The number of rotatable bonds is 5. The van der Waals surface area contributed by atoms with Crippen LogP contribution in [0.1, 0.15) is 20.3 Å². The third-order valence-electron chi connectivity index (χ3n) is 2.26. The Bertz CT molecular complexity index is 365. The van der Waals surface area contributed by atoms with Crippen LogP contribution in [0.4, 0.5) is 10.2 Å². The molecule has 0 atom stereocenters. The topological polar surface area (TPSA) is 66.0 Å². The highest BCUT2D eigenvalue weighted by Crippen LogP contribution is 2.17. The van der Waals surface area contributed by atoms with Gasteiger partial charge in [-0.15, -0.1) is 0 Å². The summed E-state index contributed by atoms with van der Waals surface area (Å²) in [6, 6.07) is 3.05. The standard InChI is InChI=1S/C11H17FN4/c1-8(2)16(7-5-10(13)14)11-9(12)4-3-6-15-11/h3-4,6,8H,5,7H2,1-2H3,(H3,13,14). The van der Waals surface area contributed by atoms with Gasteiger partial charge in [0, 0.05) is 25.2 Å². The maximum Gasteiger partial charge on any atom is 0.165 e. The zero-order chi connectivity index (χ0) is 12.1. The van der Waals surface area contributed by atoms with E-state index >= 15 is 0 Å². The Morgan fingerprint density at radius 1 is 1.62 bits per heavy atom. The largest absolute Gasteiger partial charge is 0.388 e. The summed E-state index contributed by atoms with van der Waals surface area (Å²) in [4.78, 5) is 5.82. The van der Waals surface area contributed by atoms with Crippen LogP contribution in [0.3, 0.4) is 0 Å². The van der Waals surface area contributed by atoms with Gasteiger partial charge < -0.3 is 10.6 Å². The Kier molecular flexibility index (Phi) is 4.22. The molecule has 5 heteroatoms. The van der Waals surface area contributed by atoms with Gasteiger partial charge in [-0.2, -0.15) is 0 Å². The van der Waals surface area contributed by atoms with Gasteiger partial charge in [-0.05, 0) is 26.0 Å². The molecule has 0 spiro atoms. The SMILES string of the molecule is CC(C)N(CCC(=N)N)c1ncccc1F. The summed E-state index contributed by atoms with van der Waals surface area (Å²) in [5, 5.41) is 7.18. The van der Waals surface area contributed by atoms with Crippen LogP contribution < -0.4 is 10.6 Å². The number of anilines is 1. The average Bonchev–Trinajstić information content (AvgIpc) is 2.20. The number of amidine groups is 1. The number of aromatic nitrogens is 1. The van der Waals surface area contributed by atoms with E-state index in [0.717, 1.165) is 0 Å². The number of halogens is 1. The number of pyridine rings is 1. The first kappa shape index (κ1) is 12.4. The second-order valence-electron chi connectivity index (χ2n) is 3.87. The van der Waals surface area contributed by atoms with E-state index in [1.807, 2.05) is 13.8 Å². The second-order valence-corrected chi connectivity index (χ2v) is 3.87. The molecule has 0 saturated carbocycles. The van der Waals surface area contributed by atoms with E-state index in [1.165, 1.54) is 6.07 Å². The van der Waals surface area contributed by atoms with Crippen LogP contribution >= 0.6 is 0 Å². The van der Waals surface area contributed by atoms with Crippen molar-refractivity contribution in [2.75, 3.05) is 11.4 Å². The molecule has 4 nitrogen and oxygen atoms in total. The summed E-state index contributed by atoms with van der Waals surface area (Å²) in [5.41, 5.74) is 5.30. The normalized spacial score (nSPS) is 10.5. The summed E-state index contributed by atoms with van der Waals surface area (Å²) in [6.07, 6.45) is 1.97. The van der Waals surface area contributed by atoms with Crippen LogP contribution in [-0.4, -0.2) is 23.4 Å². The Morgan fingerprint density at radius 2 is 2.31 bits per heavy atom. The molecule has 88 valence electrons. The molecule has 16 heavy (non-hydrogen) atoms. The second kappa shape index (κ2) is 5.44. The lowest BCUT2D eigenvalue weighted by molar-refractivity contribution is 0.591. The van der Waals surface area contributed by atoms with Gasteiger partial charge in [0.05, 0.1) is 5.84 Å². The quantitative estimate of drug-likeness (QED) is 0.591. The lowest BCUT2D eigenvalue weighted by atomic mass is 10.2. The van der Waals surface area contributed by atoms with Crippen molar-refractivity contribution in [3.63, 3.8) is 0 Å². The van der Waals surface area contributed by atoms with Crippen LogP contribution in [0, 0.1) is 11.2 Å². The molecule has 1 aromatic heterocycles. The molecule has 0 aliphatic heterocycles. The summed E-state index contributed by atoms with van der Waals surface area (Å²) in [7, 11) is 0. The van der Waals surface area contributed by atoms with Crippen molar-refractivity contribution in [3.8, 4) is 0 Å². The lowest BCUT2D eigenvalue weighted by Crippen LogP contribution is -2.35. The van der Waals surface area contributed by atoms with E-state index in [0.29, 0.717) is 18.8 Å². The molecule has 0 aliphatic carbocycles. The van der Waals surface area contributed by atoms with E-state index in [-0.39, 0.29) is 17.7 Å². The minimum absolute atomic E-state index is 0.0991. The smallest absolute Gasteiger partial charge is 0.165 e. The van der Waals surface area contributed by atoms with Crippen molar-refractivity contribution in [3.05, 3.63) is 24.1 Å². The van der Waals surface area contributed by atoms with Crippen molar-refractivity contribution in [2.45, 2.75) is 26.3 Å². The van der Waals surface area contributed by atoms with Crippen LogP contribution in [0.15, 0.2) is 18.3 Å². The third-order valence-corrected chi connectivity index (χ3v) is 2.26. The third kappa shape index (κ3) is 3.18. The maximum absolute atomic E-state index is 13.5. The molecule has 3 N–H and O–H groups in total. The zero-order valence-corrected chi connectivity index (χ0v) is 9.57. The van der Waals surface area contributed by atoms with Gasteiger partial charge in [0.2, 0.25) is 0 Å². The first-order chi connectivity index (χ1) is 7.52. The average molecular weight is 224 g/mol. The fourth-order valence-corrected chi connectivity index (χ4v) is 1.44. The molecular formula is C11H17FN4. The summed E-state index contributed by atoms with van der Waals surface area (Å²) < 4.78 is 13.5. The number of nitrogens with one attached hydrogen (secondary N) is 1. The molecule has 0 aliphatic rings. The van der Waals surface area contributed by atoms with Gasteiger partial charge in [0.25, 0.3) is 0 Å². The fourth-order valence-electron chi connectivity index (χ4n) is 1.44. The Hall–Kier alpha value is -1.65. The maximum atomic E-state index is 13.5. The minimum Gasteiger partial charge on any atom is -0.388 e. The molecular weight excluding hydrogens is 207 g/mol. The summed E-state index contributed by atoms with van der Waals surface area (Å²) in [5.74, 6) is 0.0699. The Labute approximate surface area is 94.8 Å². The van der Waals surface area contributed by atoms with Crippen LogP contribution in [0.5, 0.6) is 0 Å². The minimum atomic E-state index is -0.347. The fraction of sp³-hybridized carbons (Fsp3) is 0.455. The van der Waals surface area contributed by atoms with Crippen molar-refractivity contribution in [1.29, 1.82) is 5.41 Å². The van der Waals surface area contributed by atoms with Gasteiger partial charge in [-0.3, -0.25) is 5.41 Å². The highest BCUT2D eigenvalue weighted by atomic mass is 19.1. The summed E-state index contributed by atoms with van der Waals surface area (Å²) >= 11 is 0. The van der Waals surface area contributed by atoms with Gasteiger partial charge in [-0.25, -0.2) is 9.37 Å². The molecule has 1 rings (SSSR count).